The van der Waals surface area contributed by atoms with Gasteiger partial charge in [0, 0.05) is 42.8 Å². The number of benzene rings is 4. The lowest BCUT2D eigenvalue weighted by molar-refractivity contribution is -0.115. The summed E-state index contributed by atoms with van der Waals surface area (Å²) in [5.74, 6) is -0.794. The predicted molar refractivity (Wildman–Crippen MR) is 180 cm³/mol. The number of ether oxygens (including phenoxy) is 1. The van der Waals surface area contributed by atoms with Crippen molar-refractivity contribution in [1.29, 1.82) is 0 Å². The molecule has 0 aliphatic rings. The number of methoxy groups -OCH3 is 1. The van der Waals surface area contributed by atoms with Gasteiger partial charge in [0.15, 0.2) is 0 Å². The lowest BCUT2D eigenvalue weighted by atomic mass is 10.1. The fraction of sp³-hybridized carbons (Fsp3) is 0.121. The molecule has 0 fully saturated rings. The van der Waals surface area contributed by atoms with Crippen molar-refractivity contribution in [2.24, 2.45) is 0 Å². The van der Waals surface area contributed by atoms with E-state index in [1.54, 1.807) is 91.9 Å². The molecule has 0 aliphatic heterocycles. The molecule has 4 rings (SSSR count). The number of halogens is 3. The first kappa shape index (κ1) is 33.0. The van der Waals surface area contributed by atoms with E-state index in [0.29, 0.717) is 43.3 Å². The zero-order valence-corrected chi connectivity index (χ0v) is 27.0. The Hall–Kier alpha value is -3.95. The molecule has 44 heavy (non-hydrogen) atoms. The van der Waals surface area contributed by atoms with Gasteiger partial charge in [0.2, 0.25) is 5.91 Å². The number of hydrogen-bond donors (Lipinski definition) is 3. The molecule has 3 N–H and O–H groups in total. The number of nitrogens with one attached hydrogen (secondary N) is 3. The van der Waals surface area contributed by atoms with Crippen LogP contribution in [0.3, 0.4) is 0 Å². The predicted octanol–water partition coefficient (Wildman–Crippen LogP) is 8.49. The zero-order valence-electron chi connectivity index (χ0n) is 23.9. The fourth-order valence-corrected chi connectivity index (χ4v) is 5.50. The van der Waals surface area contributed by atoms with E-state index in [1.807, 2.05) is 6.92 Å². The van der Waals surface area contributed by atoms with Crippen LogP contribution in [0, 0.1) is 6.92 Å². The molecule has 4 aromatic rings. The molecule has 0 saturated heterocycles. The van der Waals surface area contributed by atoms with E-state index in [1.165, 1.54) is 24.9 Å². The molecule has 7 nitrogen and oxygen atoms in total. The summed E-state index contributed by atoms with van der Waals surface area (Å²) >= 11 is 20.2. The molecule has 1 atom stereocenters. The van der Waals surface area contributed by atoms with Gasteiger partial charge in [-0.05, 0) is 80.1 Å². The van der Waals surface area contributed by atoms with Gasteiger partial charge in [-0.2, -0.15) is 0 Å². The summed E-state index contributed by atoms with van der Waals surface area (Å²) in [4.78, 5) is 40.0. The molecule has 4 aromatic carbocycles. The molecule has 0 spiro atoms. The van der Waals surface area contributed by atoms with Crippen LogP contribution in [0.15, 0.2) is 95.5 Å². The van der Waals surface area contributed by atoms with Crippen LogP contribution in [0.25, 0.3) is 6.08 Å². The second-order valence-electron chi connectivity index (χ2n) is 9.54. The van der Waals surface area contributed by atoms with Gasteiger partial charge in [-0.3, -0.25) is 14.4 Å². The Balaban J connectivity index is 1.46. The maximum Gasteiger partial charge on any atom is 0.272 e. The van der Waals surface area contributed by atoms with E-state index >= 15 is 0 Å². The van der Waals surface area contributed by atoms with Crippen molar-refractivity contribution in [3.8, 4) is 5.75 Å². The maximum atomic E-state index is 13.4. The highest BCUT2D eigenvalue weighted by molar-refractivity contribution is 8.00. The van der Waals surface area contributed by atoms with Gasteiger partial charge in [0.1, 0.15) is 11.4 Å². The van der Waals surface area contributed by atoms with Crippen LogP contribution in [0.2, 0.25) is 15.1 Å². The van der Waals surface area contributed by atoms with Crippen molar-refractivity contribution in [3.63, 3.8) is 0 Å². The van der Waals surface area contributed by atoms with E-state index < -0.39 is 17.1 Å². The molecular weight excluding hydrogens is 641 g/mol. The third kappa shape index (κ3) is 8.57. The molecule has 0 saturated carbocycles. The minimum atomic E-state index is -0.578. The van der Waals surface area contributed by atoms with Crippen LogP contribution in [0.4, 0.5) is 11.4 Å². The number of amides is 3. The van der Waals surface area contributed by atoms with Crippen molar-refractivity contribution in [2.75, 3.05) is 17.7 Å². The van der Waals surface area contributed by atoms with Crippen LogP contribution in [-0.4, -0.2) is 30.1 Å². The molecule has 0 bridgehead atoms. The smallest absolute Gasteiger partial charge is 0.272 e. The maximum absolute atomic E-state index is 13.4. The Labute approximate surface area is 274 Å². The zero-order chi connectivity index (χ0) is 31.8. The first-order valence-corrected chi connectivity index (χ1v) is 15.3. The first-order chi connectivity index (χ1) is 21.0. The summed E-state index contributed by atoms with van der Waals surface area (Å²) in [6.45, 7) is 3.63. The fourth-order valence-electron chi connectivity index (χ4n) is 3.97. The van der Waals surface area contributed by atoms with Gasteiger partial charge in [-0.15, -0.1) is 11.8 Å². The van der Waals surface area contributed by atoms with Gasteiger partial charge in [-0.25, -0.2) is 0 Å². The topological polar surface area (TPSA) is 96.5 Å². The van der Waals surface area contributed by atoms with Gasteiger partial charge in [0.05, 0.1) is 18.0 Å². The highest BCUT2D eigenvalue weighted by atomic mass is 35.5. The lowest BCUT2D eigenvalue weighted by Gasteiger charge is -2.16. The standard InChI is InChI=1S/C33H28Cl3N3O4S/c1-19-16-28(30(43-3)18-27(19)36)38-31(40)20(2)44-23-14-12-22(13-15-23)37-33(42)29(17-24-25(34)10-7-11-26(24)35)39-32(41)21-8-5-4-6-9-21/h4-18,20H,1-3H3,(H,37,42)(H,38,40)(H,39,41)/b29-17-. The summed E-state index contributed by atoms with van der Waals surface area (Å²) in [7, 11) is 1.51. The Morgan fingerprint density at radius 2 is 1.50 bits per heavy atom. The van der Waals surface area contributed by atoms with Crippen molar-refractivity contribution in [2.45, 2.75) is 24.0 Å². The first-order valence-electron chi connectivity index (χ1n) is 13.3. The Bertz CT molecular complexity index is 1690. The average molecular weight is 669 g/mol. The summed E-state index contributed by atoms with van der Waals surface area (Å²) in [6.07, 6.45) is 1.43. The van der Waals surface area contributed by atoms with E-state index in [4.69, 9.17) is 39.5 Å². The summed E-state index contributed by atoms with van der Waals surface area (Å²) < 4.78 is 5.35. The molecule has 11 heteroatoms. The Morgan fingerprint density at radius 1 is 0.841 bits per heavy atom. The van der Waals surface area contributed by atoms with Crippen LogP contribution in [0.1, 0.15) is 28.4 Å². The lowest BCUT2D eigenvalue weighted by Crippen LogP contribution is -2.30. The quantitative estimate of drug-likeness (QED) is 0.116. The van der Waals surface area contributed by atoms with E-state index in [0.717, 1.165) is 10.5 Å². The van der Waals surface area contributed by atoms with Gasteiger partial charge in [-0.1, -0.05) is 59.1 Å². The molecule has 226 valence electrons. The minimum absolute atomic E-state index is 0.0505. The van der Waals surface area contributed by atoms with E-state index in [-0.39, 0.29) is 11.6 Å². The summed E-state index contributed by atoms with van der Waals surface area (Å²) in [6, 6.07) is 23.9. The highest BCUT2D eigenvalue weighted by Crippen LogP contribution is 2.32. The number of aryl methyl sites for hydroxylation is 1. The summed E-state index contributed by atoms with van der Waals surface area (Å²) in [5.41, 5.74) is 2.54. The van der Waals surface area contributed by atoms with Gasteiger partial charge >= 0.3 is 0 Å². The van der Waals surface area contributed by atoms with Crippen molar-refractivity contribution < 1.29 is 19.1 Å². The molecule has 1 unspecified atom stereocenters. The van der Waals surface area contributed by atoms with Crippen molar-refractivity contribution in [1.82, 2.24) is 5.32 Å². The van der Waals surface area contributed by atoms with Crippen molar-refractivity contribution in [3.05, 3.63) is 122 Å². The number of thioether (sulfide) groups is 1. The molecule has 0 heterocycles. The van der Waals surface area contributed by atoms with Crippen molar-refractivity contribution >= 4 is 81.7 Å². The molecule has 0 aromatic heterocycles. The monoisotopic (exact) mass is 667 g/mol. The summed E-state index contributed by atoms with van der Waals surface area (Å²) in [5, 5.41) is 9.10. The molecule has 0 radical (unpaired) electrons. The van der Waals surface area contributed by atoms with Crippen LogP contribution in [-0.2, 0) is 9.59 Å². The minimum Gasteiger partial charge on any atom is -0.495 e. The number of hydrogen-bond acceptors (Lipinski definition) is 5. The Morgan fingerprint density at radius 3 is 2.14 bits per heavy atom. The van der Waals surface area contributed by atoms with Gasteiger partial charge in [0.25, 0.3) is 11.8 Å². The Kier molecular flexibility index (Phi) is 11.4. The largest absolute Gasteiger partial charge is 0.495 e. The van der Waals surface area contributed by atoms with Crippen LogP contribution in [0.5, 0.6) is 5.75 Å². The molecule has 3 amide bonds. The highest BCUT2D eigenvalue weighted by Gasteiger charge is 2.19. The second kappa shape index (κ2) is 15.2. The number of carbonyl (C=O) groups excluding carboxylic acids is 3. The van der Waals surface area contributed by atoms with Crippen LogP contribution >= 0.6 is 46.6 Å². The number of rotatable bonds is 10. The number of carbonyl (C=O) groups is 3. The van der Waals surface area contributed by atoms with E-state index in [2.05, 4.69) is 16.0 Å². The normalized spacial score (nSPS) is 11.8. The SMILES string of the molecule is COc1cc(Cl)c(C)cc1NC(=O)C(C)Sc1ccc(NC(=O)/C(=C/c2c(Cl)cccc2Cl)NC(=O)c2ccccc2)cc1. The average Bonchev–Trinajstić information content (AvgIpc) is 3.01. The molecule has 0 aliphatic carbocycles. The van der Waals surface area contributed by atoms with Gasteiger partial charge < -0.3 is 20.7 Å². The van der Waals surface area contributed by atoms with Crippen LogP contribution < -0.4 is 20.7 Å². The third-order valence-corrected chi connectivity index (χ3v) is 8.53. The number of anilines is 2. The third-order valence-electron chi connectivity index (χ3n) is 6.35. The second-order valence-corrected chi connectivity index (χ2v) is 12.2. The molecular formula is C33H28Cl3N3O4S. The van der Waals surface area contributed by atoms with E-state index in [9.17, 15) is 14.4 Å².